The van der Waals surface area contributed by atoms with E-state index in [0.29, 0.717) is 13.1 Å². The summed E-state index contributed by atoms with van der Waals surface area (Å²) in [7, 11) is -3.57. The van der Waals surface area contributed by atoms with Crippen molar-refractivity contribution < 1.29 is 18.3 Å². The van der Waals surface area contributed by atoms with E-state index in [4.69, 9.17) is 0 Å². The maximum Gasteiger partial charge on any atom is 0.335 e. The molecule has 2 aliphatic rings. The number of rotatable bonds is 3. The van der Waals surface area contributed by atoms with E-state index < -0.39 is 16.0 Å². The van der Waals surface area contributed by atoms with Crippen molar-refractivity contribution in [1.82, 2.24) is 4.31 Å². The standard InChI is InChI=1S/C15H19NO4S/c17-15(18)12-9-11-5-1-2-6-13(11)14(10-12)21(19,20)16-7-3-4-8-16/h9-10H,1-8H2,(H,17,18). The van der Waals surface area contributed by atoms with Crippen molar-refractivity contribution in [2.45, 2.75) is 43.4 Å². The second-order valence-corrected chi connectivity index (χ2v) is 7.64. The highest BCUT2D eigenvalue weighted by Crippen LogP contribution is 2.32. The molecule has 5 nitrogen and oxygen atoms in total. The molecule has 1 N–H and O–H groups in total. The predicted molar refractivity (Wildman–Crippen MR) is 78.0 cm³/mol. The summed E-state index contributed by atoms with van der Waals surface area (Å²) in [6.45, 7) is 1.07. The summed E-state index contributed by atoms with van der Waals surface area (Å²) in [4.78, 5) is 11.5. The summed E-state index contributed by atoms with van der Waals surface area (Å²) in [5.41, 5.74) is 1.80. The van der Waals surface area contributed by atoms with Gasteiger partial charge in [-0.3, -0.25) is 0 Å². The van der Waals surface area contributed by atoms with Crippen molar-refractivity contribution in [3.63, 3.8) is 0 Å². The smallest absolute Gasteiger partial charge is 0.335 e. The van der Waals surface area contributed by atoms with Crippen LogP contribution in [-0.2, 0) is 22.9 Å². The van der Waals surface area contributed by atoms with Crippen molar-refractivity contribution in [1.29, 1.82) is 0 Å². The van der Waals surface area contributed by atoms with Crippen LogP contribution in [0.1, 0.15) is 47.2 Å². The number of aryl methyl sites for hydroxylation is 1. The quantitative estimate of drug-likeness (QED) is 0.927. The van der Waals surface area contributed by atoms with Crippen molar-refractivity contribution in [2.75, 3.05) is 13.1 Å². The Labute approximate surface area is 124 Å². The molecule has 1 fully saturated rings. The first-order chi connectivity index (χ1) is 10.00. The first-order valence-electron chi connectivity index (χ1n) is 7.39. The van der Waals surface area contributed by atoms with Crippen LogP contribution in [0.5, 0.6) is 0 Å². The summed E-state index contributed by atoms with van der Waals surface area (Å²) < 4.78 is 27.1. The third-order valence-electron chi connectivity index (χ3n) is 4.35. The van der Waals surface area contributed by atoms with Gasteiger partial charge in [-0.2, -0.15) is 4.31 Å². The summed E-state index contributed by atoms with van der Waals surface area (Å²) >= 11 is 0. The average Bonchev–Trinajstić information content (AvgIpc) is 3.00. The Bertz CT molecular complexity index is 675. The summed E-state index contributed by atoms with van der Waals surface area (Å²) in [5, 5.41) is 9.23. The minimum absolute atomic E-state index is 0.0772. The van der Waals surface area contributed by atoms with Gasteiger partial charge in [0.25, 0.3) is 0 Å². The van der Waals surface area contributed by atoms with Crippen LogP contribution < -0.4 is 0 Å². The topological polar surface area (TPSA) is 74.7 Å². The highest BCUT2D eigenvalue weighted by atomic mass is 32.2. The molecule has 1 saturated heterocycles. The highest BCUT2D eigenvalue weighted by Gasteiger charge is 2.31. The molecule has 0 unspecified atom stereocenters. The minimum atomic E-state index is -3.57. The van der Waals surface area contributed by atoms with Gasteiger partial charge in [-0.1, -0.05) is 0 Å². The van der Waals surface area contributed by atoms with Crippen molar-refractivity contribution in [3.8, 4) is 0 Å². The zero-order valence-electron chi connectivity index (χ0n) is 11.8. The molecular formula is C15H19NO4S. The van der Waals surface area contributed by atoms with E-state index in [2.05, 4.69) is 0 Å². The lowest BCUT2D eigenvalue weighted by Gasteiger charge is -2.23. The van der Waals surface area contributed by atoms with Crippen LogP contribution >= 0.6 is 0 Å². The largest absolute Gasteiger partial charge is 0.478 e. The molecule has 1 aromatic carbocycles. The lowest BCUT2D eigenvalue weighted by atomic mass is 9.90. The number of fused-ring (bicyclic) bond motifs is 1. The molecule has 0 radical (unpaired) electrons. The number of hydrogen-bond acceptors (Lipinski definition) is 3. The van der Waals surface area contributed by atoms with Crippen LogP contribution in [0.4, 0.5) is 0 Å². The van der Waals surface area contributed by atoms with Crippen LogP contribution in [0, 0.1) is 0 Å². The summed E-state index contributed by atoms with van der Waals surface area (Å²) in [6.07, 6.45) is 5.18. The van der Waals surface area contributed by atoms with E-state index in [1.165, 1.54) is 10.4 Å². The van der Waals surface area contributed by atoms with E-state index in [9.17, 15) is 18.3 Å². The summed E-state index contributed by atoms with van der Waals surface area (Å²) in [5.74, 6) is -1.07. The minimum Gasteiger partial charge on any atom is -0.478 e. The van der Waals surface area contributed by atoms with Gasteiger partial charge in [0.15, 0.2) is 0 Å². The van der Waals surface area contributed by atoms with Gasteiger partial charge in [-0.15, -0.1) is 0 Å². The molecule has 1 heterocycles. The molecule has 6 heteroatoms. The molecular weight excluding hydrogens is 290 g/mol. The number of carboxylic acids is 1. The molecule has 0 amide bonds. The average molecular weight is 309 g/mol. The molecule has 3 rings (SSSR count). The van der Waals surface area contributed by atoms with Gasteiger partial charge in [-0.05, 0) is 61.8 Å². The van der Waals surface area contributed by atoms with Gasteiger partial charge in [0.1, 0.15) is 0 Å². The zero-order chi connectivity index (χ0) is 15.0. The van der Waals surface area contributed by atoms with Crippen molar-refractivity contribution in [2.24, 2.45) is 0 Å². The van der Waals surface area contributed by atoms with Crippen LogP contribution in [0.25, 0.3) is 0 Å². The molecule has 0 saturated carbocycles. The van der Waals surface area contributed by atoms with Gasteiger partial charge < -0.3 is 5.11 Å². The first-order valence-corrected chi connectivity index (χ1v) is 8.83. The number of sulfonamides is 1. The highest BCUT2D eigenvalue weighted by molar-refractivity contribution is 7.89. The van der Waals surface area contributed by atoms with Crippen LogP contribution in [-0.4, -0.2) is 36.9 Å². The second kappa shape index (κ2) is 5.42. The number of nitrogens with zero attached hydrogens (tertiary/aromatic N) is 1. The van der Waals surface area contributed by atoms with E-state index in [0.717, 1.165) is 49.7 Å². The third-order valence-corrected chi connectivity index (χ3v) is 6.32. The maximum absolute atomic E-state index is 12.8. The van der Waals surface area contributed by atoms with E-state index >= 15 is 0 Å². The van der Waals surface area contributed by atoms with Crippen molar-refractivity contribution >= 4 is 16.0 Å². The molecule has 1 aromatic rings. The fourth-order valence-corrected chi connectivity index (χ4v) is 5.09. The normalized spacial score (nSPS) is 19.4. The Hall–Kier alpha value is -1.40. The lowest BCUT2D eigenvalue weighted by Crippen LogP contribution is -2.29. The maximum atomic E-state index is 12.8. The molecule has 0 spiro atoms. The second-order valence-electron chi connectivity index (χ2n) is 5.74. The molecule has 1 aliphatic carbocycles. The fraction of sp³-hybridized carbons (Fsp3) is 0.533. The van der Waals surface area contributed by atoms with Gasteiger partial charge in [0.2, 0.25) is 10.0 Å². The SMILES string of the molecule is O=C(O)c1cc2c(c(S(=O)(=O)N3CCCC3)c1)CCCC2. The molecule has 1 aliphatic heterocycles. The molecule has 0 bridgehead atoms. The van der Waals surface area contributed by atoms with Gasteiger partial charge in [0, 0.05) is 13.1 Å². The van der Waals surface area contributed by atoms with Gasteiger partial charge >= 0.3 is 5.97 Å². The fourth-order valence-electron chi connectivity index (χ4n) is 3.25. The van der Waals surface area contributed by atoms with Crippen molar-refractivity contribution in [3.05, 3.63) is 28.8 Å². The zero-order valence-corrected chi connectivity index (χ0v) is 12.7. The first kappa shape index (κ1) is 14.5. The van der Waals surface area contributed by atoms with E-state index in [1.54, 1.807) is 6.07 Å². The predicted octanol–water partition coefficient (Wildman–Crippen LogP) is 2.05. The molecule has 114 valence electrons. The van der Waals surface area contributed by atoms with E-state index in [1.807, 2.05) is 0 Å². The number of hydrogen-bond donors (Lipinski definition) is 1. The van der Waals surface area contributed by atoms with Crippen LogP contribution in [0.3, 0.4) is 0 Å². The Morgan fingerprint density at radius 1 is 1.05 bits per heavy atom. The monoisotopic (exact) mass is 309 g/mol. The number of aromatic carboxylic acids is 1. The number of carboxylic acid groups (broad SMARTS) is 1. The number of benzene rings is 1. The summed E-state index contributed by atoms with van der Waals surface area (Å²) in [6, 6.07) is 2.99. The Morgan fingerprint density at radius 3 is 2.38 bits per heavy atom. The lowest BCUT2D eigenvalue weighted by molar-refractivity contribution is 0.0696. The van der Waals surface area contributed by atoms with Gasteiger partial charge in [0.05, 0.1) is 10.5 Å². The Kier molecular flexibility index (Phi) is 3.75. The molecule has 21 heavy (non-hydrogen) atoms. The van der Waals surface area contributed by atoms with Gasteiger partial charge in [-0.25, -0.2) is 13.2 Å². The van der Waals surface area contributed by atoms with Crippen LogP contribution in [0.15, 0.2) is 17.0 Å². The molecule has 0 aromatic heterocycles. The van der Waals surface area contributed by atoms with E-state index in [-0.39, 0.29) is 10.5 Å². The molecule has 0 atom stereocenters. The Morgan fingerprint density at radius 2 is 1.71 bits per heavy atom. The third kappa shape index (κ3) is 2.58. The van der Waals surface area contributed by atoms with Crippen LogP contribution in [0.2, 0.25) is 0 Å². The number of carbonyl (C=O) groups is 1. The Balaban J connectivity index is 2.15.